The fourth-order valence-electron chi connectivity index (χ4n) is 3.00. The largest absolute Gasteiger partial charge is 0.573 e. The summed E-state index contributed by atoms with van der Waals surface area (Å²) in [5.74, 6) is -2.03. The van der Waals surface area contributed by atoms with Crippen molar-refractivity contribution in [1.82, 2.24) is 0 Å². The molecule has 0 saturated heterocycles. The Kier molecular flexibility index (Phi) is 3.07. The number of benzene rings is 1. The predicted molar refractivity (Wildman–Crippen MR) is 65.5 cm³/mol. The van der Waals surface area contributed by atoms with Gasteiger partial charge in [0.2, 0.25) is 0 Å². The molecule has 1 N–H and O–H groups in total. The molecule has 1 aliphatic heterocycles. The average Bonchev–Trinajstić information content (AvgIpc) is 2.85. The van der Waals surface area contributed by atoms with Crippen LogP contribution in [0.3, 0.4) is 0 Å². The van der Waals surface area contributed by atoms with Gasteiger partial charge in [0.05, 0.1) is 12.0 Å². The molecular formula is C14H11F3NO3-. The van der Waals surface area contributed by atoms with Crippen molar-refractivity contribution in [2.75, 3.05) is 5.32 Å². The number of aliphatic carboxylic acids is 1. The highest BCUT2D eigenvalue weighted by molar-refractivity contribution is 5.79. The summed E-state index contributed by atoms with van der Waals surface area (Å²) in [4.78, 5) is 11.2. The van der Waals surface area contributed by atoms with Crippen LogP contribution in [0.4, 0.5) is 18.9 Å². The first kappa shape index (κ1) is 13.8. The summed E-state index contributed by atoms with van der Waals surface area (Å²) in [7, 11) is 0. The van der Waals surface area contributed by atoms with Crippen LogP contribution in [0, 0.1) is 5.92 Å². The molecule has 0 amide bonds. The van der Waals surface area contributed by atoms with Gasteiger partial charge in [-0.05, 0) is 36.1 Å². The Bertz CT molecular complexity index is 612. The minimum atomic E-state index is -4.76. The second-order valence-corrected chi connectivity index (χ2v) is 5.09. The SMILES string of the molecule is O=C([O-])[C@@H]1Nc2ccc(OC(F)(F)F)cc2[C@@H]2C=CC[C@@H]12. The molecule has 0 bridgehead atoms. The number of anilines is 1. The molecule has 4 nitrogen and oxygen atoms in total. The highest BCUT2D eigenvalue weighted by Gasteiger charge is 2.38. The lowest BCUT2D eigenvalue weighted by atomic mass is 9.79. The van der Waals surface area contributed by atoms with E-state index in [9.17, 15) is 23.1 Å². The number of hydrogen-bond acceptors (Lipinski definition) is 4. The van der Waals surface area contributed by atoms with Crippen LogP contribution in [0.5, 0.6) is 5.75 Å². The molecule has 7 heteroatoms. The van der Waals surface area contributed by atoms with Crippen molar-refractivity contribution in [1.29, 1.82) is 0 Å². The number of carbonyl (C=O) groups is 1. The Hall–Kier alpha value is -2.18. The molecule has 0 aromatic heterocycles. The molecule has 1 heterocycles. The molecule has 0 radical (unpaired) electrons. The van der Waals surface area contributed by atoms with Crippen molar-refractivity contribution < 1.29 is 27.8 Å². The quantitative estimate of drug-likeness (QED) is 0.846. The predicted octanol–water partition coefficient (Wildman–Crippen LogP) is 1.79. The van der Waals surface area contributed by atoms with Crippen molar-refractivity contribution >= 4 is 11.7 Å². The molecule has 3 rings (SSSR count). The van der Waals surface area contributed by atoms with Gasteiger partial charge in [0.1, 0.15) is 5.75 Å². The van der Waals surface area contributed by atoms with E-state index >= 15 is 0 Å². The minimum absolute atomic E-state index is 0.249. The number of fused-ring (bicyclic) bond motifs is 3. The molecule has 112 valence electrons. The Morgan fingerprint density at radius 3 is 2.81 bits per heavy atom. The summed E-state index contributed by atoms with van der Waals surface area (Å²) in [6.45, 7) is 0. The summed E-state index contributed by atoms with van der Waals surface area (Å²) in [5, 5.41) is 14.0. The summed E-state index contributed by atoms with van der Waals surface area (Å²) in [6.07, 6.45) is -0.564. The maximum absolute atomic E-state index is 12.3. The lowest BCUT2D eigenvalue weighted by molar-refractivity contribution is -0.308. The standard InChI is InChI=1S/C14H12F3NO3/c15-14(16,17)21-7-4-5-11-10(6-7)8-2-1-3-9(8)12(18-11)13(19)20/h1-2,4-6,8-9,12,18H,3H2,(H,19,20)/p-1/t8-,9-,12-/m1/s1. The zero-order valence-corrected chi connectivity index (χ0v) is 10.7. The van der Waals surface area contributed by atoms with Gasteiger partial charge in [0.25, 0.3) is 0 Å². The number of hydrogen-bond donors (Lipinski definition) is 1. The molecule has 0 fully saturated rings. The van der Waals surface area contributed by atoms with Crippen LogP contribution < -0.4 is 15.2 Å². The Labute approximate surface area is 118 Å². The zero-order chi connectivity index (χ0) is 15.2. The van der Waals surface area contributed by atoms with Crippen LogP contribution in [0.1, 0.15) is 17.9 Å². The topological polar surface area (TPSA) is 61.4 Å². The third kappa shape index (κ3) is 2.55. The van der Waals surface area contributed by atoms with Crippen LogP contribution >= 0.6 is 0 Å². The number of alkyl halides is 3. The molecular weight excluding hydrogens is 287 g/mol. The molecule has 1 aliphatic carbocycles. The van der Waals surface area contributed by atoms with Crippen molar-refractivity contribution in [3.63, 3.8) is 0 Å². The highest BCUT2D eigenvalue weighted by Crippen LogP contribution is 2.45. The second-order valence-electron chi connectivity index (χ2n) is 5.09. The van der Waals surface area contributed by atoms with Crippen LogP contribution in [0.15, 0.2) is 30.4 Å². The summed E-state index contributed by atoms with van der Waals surface area (Å²) in [5.41, 5.74) is 1.10. The summed E-state index contributed by atoms with van der Waals surface area (Å²) >= 11 is 0. The first-order chi connectivity index (χ1) is 9.85. The first-order valence-electron chi connectivity index (χ1n) is 6.39. The maximum atomic E-state index is 12.3. The lowest BCUT2D eigenvalue weighted by Gasteiger charge is -2.37. The van der Waals surface area contributed by atoms with Crippen LogP contribution in [-0.2, 0) is 4.79 Å². The number of nitrogens with one attached hydrogen (secondary N) is 1. The van der Waals surface area contributed by atoms with E-state index in [-0.39, 0.29) is 17.6 Å². The Morgan fingerprint density at radius 1 is 1.38 bits per heavy atom. The van der Waals surface area contributed by atoms with E-state index in [1.165, 1.54) is 12.1 Å². The van der Waals surface area contributed by atoms with E-state index in [1.807, 2.05) is 12.2 Å². The third-order valence-corrected chi connectivity index (χ3v) is 3.82. The second kappa shape index (κ2) is 4.68. The van der Waals surface area contributed by atoms with E-state index < -0.39 is 18.4 Å². The first-order valence-corrected chi connectivity index (χ1v) is 6.39. The zero-order valence-electron chi connectivity index (χ0n) is 10.7. The summed E-state index contributed by atoms with van der Waals surface area (Å²) in [6, 6.07) is 3.00. The van der Waals surface area contributed by atoms with Gasteiger partial charge in [-0.15, -0.1) is 13.2 Å². The Morgan fingerprint density at radius 2 is 2.14 bits per heavy atom. The monoisotopic (exact) mass is 298 g/mol. The minimum Gasteiger partial charge on any atom is -0.548 e. The van der Waals surface area contributed by atoms with Gasteiger partial charge in [-0.3, -0.25) is 0 Å². The van der Waals surface area contributed by atoms with Crippen molar-refractivity contribution in [3.05, 3.63) is 35.9 Å². The van der Waals surface area contributed by atoms with Gasteiger partial charge >= 0.3 is 6.36 Å². The molecule has 21 heavy (non-hydrogen) atoms. The van der Waals surface area contributed by atoms with Crippen LogP contribution in [0.25, 0.3) is 0 Å². The van der Waals surface area contributed by atoms with Crippen molar-refractivity contribution in [2.45, 2.75) is 24.7 Å². The molecule has 0 unspecified atom stereocenters. The van der Waals surface area contributed by atoms with Crippen LogP contribution in [-0.4, -0.2) is 18.4 Å². The number of carboxylic acids is 1. The van der Waals surface area contributed by atoms with Crippen molar-refractivity contribution in [2.24, 2.45) is 5.92 Å². The number of halogens is 3. The van der Waals surface area contributed by atoms with Gasteiger partial charge < -0.3 is 20.0 Å². The number of allylic oxidation sites excluding steroid dienone is 2. The summed E-state index contributed by atoms with van der Waals surface area (Å²) < 4.78 is 40.7. The highest BCUT2D eigenvalue weighted by atomic mass is 19.4. The average molecular weight is 298 g/mol. The van der Waals surface area contributed by atoms with Gasteiger partial charge in [0.15, 0.2) is 0 Å². The smallest absolute Gasteiger partial charge is 0.548 e. The van der Waals surface area contributed by atoms with Gasteiger partial charge in [-0.25, -0.2) is 0 Å². The number of carboxylic acid groups (broad SMARTS) is 1. The maximum Gasteiger partial charge on any atom is 0.573 e. The van der Waals surface area contributed by atoms with Crippen molar-refractivity contribution in [3.8, 4) is 5.75 Å². The van der Waals surface area contributed by atoms with E-state index in [0.717, 1.165) is 6.07 Å². The lowest BCUT2D eigenvalue weighted by Crippen LogP contribution is -2.48. The molecule has 1 aromatic carbocycles. The molecule has 3 atom stereocenters. The Balaban J connectivity index is 1.97. The van der Waals surface area contributed by atoms with Gasteiger partial charge in [-0.1, -0.05) is 12.2 Å². The number of rotatable bonds is 2. The van der Waals surface area contributed by atoms with E-state index in [1.54, 1.807) is 0 Å². The molecule has 2 aliphatic rings. The number of carbonyl (C=O) groups excluding carboxylic acids is 1. The number of ether oxygens (including phenoxy) is 1. The molecule has 0 spiro atoms. The third-order valence-electron chi connectivity index (χ3n) is 3.82. The molecule has 0 saturated carbocycles. The fraction of sp³-hybridized carbons (Fsp3) is 0.357. The fourth-order valence-corrected chi connectivity index (χ4v) is 3.00. The van der Waals surface area contributed by atoms with E-state index in [4.69, 9.17) is 0 Å². The van der Waals surface area contributed by atoms with Gasteiger partial charge in [-0.2, -0.15) is 0 Å². The van der Waals surface area contributed by atoms with E-state index in [2.05, 4.69) is 10.1 Å². The van der Waals surface area contributed by atoms with E-state index in [0.29, 0.717) is 17.7 Å². The normalized spacial score (nSPS) is 26.7. The molecule has 1 aromatic rings. The van der Waals surface area contributed by atoms with Crippen LogP contribution in [0.2, 0.25) is 0 Å². The van der Waals surface area contributed by atoms with Gasteiger partial charge in [0, 0.05) is 11.6 Å².